The Morgan fingerprint density at radius 1 is 0.806 bits per heavy atom. The smallest absolute Gasteiger partial charge is 0.261 e. The fraction of sp³-hybridized carbons (Fsp3) is 0.208. The van der Waals surface area contributed by atoms with E-state index in [1.165, 1.54) is 18.4 Å². The van der Waals surface area contributed by atoms with Crippen LogP contribution < -0.4 is 15.4 Å². The average molecular weight is 454 g/mol. The summed E-state index contributed by atoms with van der Waals surface area (Å²) in [5.74, 6) is 0. The Morgan fingerprint density at radius 3 is 1.87 bits per heavy atom. The van der Waals surface area contributed by atoms with E-state index in [1.54, 1.807) is 48.5 Å². The maximum atomic E-state index is 12.5. The first-order chi connectivity index (χ1) is 14.9. The summed E-state index contributed by atoms with van der Waals surface area (Å²) in [6.07, 6.45) is 3.45. The van der Waals surface area contributed by atoms with Gasteiger partial charge in [0.05, 0.1) is 4.90 Å². The fourth-order valence-corrected chi connectivity index (χ4v) is 4.28. The Kier molecular flexibility index (Phi) is 7.65. The molecule has 0 aromatic heterocycles. The second-order valence-corrected chi connectivity index (χ2v) is 9.47. The van der Waals surface area contributed by atoms with E-state index in [0.717, 1.165) is 23.4 Å². The quantitative estimate of drug-likeness (QED) is 0.368. The first-order valence-electron chi connectivity index (χ1n) is 10.2. The molecule has 0 aliphatic carbocycles. The summed E-state index contributed by atoms with van der Waals surface area (Å²) in [5, 5.41) is 6.74. The lowest BCUT2D eigenvalue weighted by atomic mass is 10.1. The minimum atomic E-state index is -3.62. The molecule has 0 radical (unpaired) electrons. The van der Waals surface area contributed by atoms with E-state index < -0.39 is 10.0 Å². The summed E-state index contributed by atoms with van der Waals surface area (Å²) in [6.45, 7) is 4.10. The zero-order chi connectivity index (χ0) is 22.3. The summed E-state index contributed by atoms with van der Waals surface area (Å²) in [5.41, 5.74) is 4.48. The zero-order valence-corrected chi connectivity index (χ0v) is 19.3. The van der Waals surface area contributed by atoms with Crippen LogP contribution in [0.4, 0.5) is 17.1 Å². The number of anilines is 3. The van der Waals surface area contributed by atoms with Gasteiger partial charge in [-0.15, -0.1) is 0 Å². The van der Waals surface area contributed by atoms with Crippen LogP contribution in [-0.4, -0.2) is 13.5 Å². The lowest BCUT2D eigenvalue weighted by molar-refractivity contribution is 0.601. The molecule has 0 atom stereocenters. The normalized spacial score (nSPS) is 11.0. The van der Waals surface area contributed by atoms with Crippen LogP contribution in [0.15, 0.2) is 77.7 Å². The number of thiocarbonyl (C=S) groups is 1. The average Bonchev–Trinajstić information content (AvgIpc) is 2.75. The van der Waals surface area contributed by atoms with Gasteiger partial charge in [0.2, 0.25) is 0 Å². The molecule has 3 aromatic carbocycles. The molecule has 7 heteroatoms. The number of nitrogens with one attached hydrogen (secondary N) is 3. The van der Waals surface area contributed by atoms with Crippen LogP contribution in [0.3, 0.4) is 0 Å². The Bertz CT molecular complexity index is 1110. The second kappa shape index (κ2) is 10.4. The van der Waals surface area contributed by atoms with Gasteiger partial charge in [0, 0.05) is 17.1 Å². The topological polar surface area (TPSA) is 70.2 Å². The van der Waals surface area contributed by atoms with Crippen molar-refractivity contribution in [2.45, 2.75) is 38.0 Å². The van der Waals surface area contributed by atoms with Crippen LogP contribution >= 0.6 is 12.2 Å². The molecule has 3 rings (SSSR count). The van der Waals surface area contributed by atoms with Crippen LogP contribution in [0, 0.1) is 6.92 Å². The predicted octanol–water partition coefficient (Wildman–Crippen LogP) is 5.95. The van der Waals surface area contributed by atoms with Crippen LogP contribution in [0.1, 0.15) is 30.9 Å². The highest BCUT2D eigenvalue weighted by molar-refractivity contribution is 7.92. The van der Waals surface area contributed by atoms with Gasteiger partial charge < -0.3 is 10.6 Å². The van der Waals surface area contributed by atoms with Crippen molar-refractivity contribution in [3.63, 3.8) is 0 Å². The highest BCUT2D eigenvalue weighted by Crippen LogP contribution is 2.19. The van der Waals surface area contributed by atoms with Gasteiger partial charge in [-0.05, 0) is 86.1 Å². The number of rotatable bonds is 8. The molecular formula is C24H27N3O2S2. The maximum Gasteiger partial charge on any atom is 0.261 e. The molecular weight excluding hydrogens is 426 g/mol. The lowest BCUT2D eigenvalue weighted by Gasteiger charge is -2.12. The molecule has 3 aromatic rings. The van der Waals surface area contributed by atoms with E-state index >= 15 is 0 Å². The molecule has 5 nitrogen and oxygen atoms in total. The molecule has 0 aliphatic rings. The van der Waals surface area contributed by atoms with E-state index in [9.17, 15) is 8.42 Å². The van der Waals surface area contributed by atoms with Crippen molar-refractivity contribution in [1.29, 1.82) is 0 Å². The van der Waals surface area contributed by atoms with Crippen LogP contribution in [0.2, 0.25) is 0 Å². The third-order valence-electron chi connectivity index (χ3n) is 4.76. The zero-order valence-electron chi connectivity index (χ0n) is 17.7. The standard InChI is InChI=1S/C24H27N3O2S2/c1-3-4-5-19-8-10-20(11-9-19)25-24(30)26-21-12-14-22(15-13-21)27-31(28,29)23-16-6-18(2)7-17-23/h6-17,27H,3-5H2,1-2H3,(H2,25,26,30). The molecule has 162 valence electrons. The van der Waals surface area contributed by atoms with E-state index in [4.69, 9.17) is 12.2 Å². The Hall–Kier alpha value is -2.90. The molecule has 0 amide bonds. The van der Waals surface area contributed by atoms with Gasteiger partial charge in [0.25, 0.3) is 10.0 Å². The van der Waals surface area contributed by atoms with Crippen LogP contribution in [0.25, 0.3) is 0 Å². The molecule has 0 unspecified atom stereocenters. The molecule has 0 fully saturated rings. The number of unbranched alkanes of at least 4 members (excludes halogenated alkanes) is 1. The van der Waals surface area contributed by atoms with Gasteiger partial charge in [0.15, 0.2) is 5.11 Å². The number of hydrogen-bond acceptors (Lipinski definition) is 3. The predicted molar refractivity (Wildman–Crippen MR) is 133 cm³/mol. The van der Waals surface area contributed by atoms with E-state index in [1.807, 2.05) is 19.1 Å². The molecule has 0 heterocycles. The van der Waals surface area contributed by atoms with E-state index in [-0.39, 0.29) is 4.90 Å². The SMILES string of the molecule is CCCCc1ccc(NC(=S)Nc2ccc(NS(=O)(=O)c3ccc(C)cc3)cc2)cc1. The van der Waals surface area contributed by atoms with Crippen molar-refractivity contribution in [2.24, 2.45) is 0 Å². The number of sulfonamides is 1. The number of benzene rings is 3. The molecule has 3 N–H and O–H groups in total. The van der Waals surface area contributed by atoms with Crippen molar-refractivity contribution >= 4 is 44.4 Å². The molecule has 0 aliphatic heterocycles. The minimum Gasteiger partial charge on any atom is -0.332 e. The highest BCUT2D eigenvalue weighted by atomic mass is 32.2. The third-order valence-corrected chi connectivity index (χ3v) is 6.36. The first-order valence-corrected chi connectivity index (χ1v) is 12.1. The molecule has 0 saturated carbocycles. The molecule has 31 heavy (non-hydrogen) atoms. The molecule has 0 bridgehead atoms. The first kappa shape index (κ1) is 22.8. The highest BCUT2D eigenvalue weighted by Gasteiger charge is 2.13. The summed E-state index contributed by atoms with van der Waals surface area (Å²) >= 11 is 5.38. The van der Waals surface area contributed by atoms with E-state index in [0.29, 0.717) is 10.8 Å². The van der Waals surface area contributed by atoms with Crippen molar-refractivity contribution in [3.8, 4) is 0 Å². The monoisotopic (exact) mass is 453 g/mol. The van der Waals surface area contributed by atoms with Crippen LogP contribution in [0.5, 0.6) is 0 Å². The number of hydrogen-bond donors (Lipinski definition) is 3. The largest absolute Gasteiger partial charge is 0.332 e. The van der Waals surface area contributed by atoms with Crippen molar-refractivity contribution in [1.82, 2.24) is 0 Å². The minimum absolute atomic E-state index is 0.228. The van der Waals surface area contributed by atoms with E-state index in [2.05, 4.69) is 34.4 Å². The fourth-order valence-electron chi connectivity index (χ4n) is 2.98. The lowest BCUT2D eigenvalue weighted by Crippen LogP contribution is -2.19. The van der Waals surface area contributed by atoms with Crippen LogP contribution in [-0.2, 0) is 16.4 Å². The molecule has 0 spiro atoms. The summed E-state index contributed by atoms with van der Waals surface area (Å²) in [7, 11) is -3.62. The van der Waals surface area contributed by atoms with Gasteiger partial charge in [0.1, 0.15) is 0 Å². The van der Waals surface area contributed by atoms with Crippen molar-refractivity contribution in [2.75, 3.05) is 15.4 Å². The summed E-state index contributed by atoms with van der Waals surface area (Å²) < 4.78 is 27.6. The van der Waals surface area contributed by atoms with Crippen molar-refractivity contribution < 1.29 is 8.42 Å². The Balaban J connectivity index is 1.56. The Morgan fingerprint density at radius 2 is 1.32 bits per heavy atom. The molecule has 0 saturated heterocycles. The van der Waals surface area contributed by atoms with Gasteiger partial charge in [-0.3, -0.25) is 4.72 Å². The maximum absolute atomic E-state index is 12.5. The number of aryl methyl sites for hydroxylation is 2. The van der Waals surface area contributed by atoms with Gasteiger partial charge >= 0.3 is 0 Å². The summed E-state index contributed by atoms with van der Waals surface area (Å²) in [4.78, 5) is 0.228. The second-order valence-electron chi connectivity index (χ2n) is 7.38. The summed E-state index contributed by atoms with van der Waals surface area (Å²) in [6, 6.07) is 21.9. The van der Waals surface area contributed by atoms with Gasteiger partial charge in [-0.25, -0.2) is 8.42 Å². The van der Waals surface area contributed by atoms with Crippen molar-refractivity contribution in [3.05, 3.63) is 83.9 Å². The Labute approximate surface area is 190 Å². The third kappa shape index (κ3) is 6.80. The van der Waals surface area contributed by atoms with Gasteiger partial charge in [-0.1, -0.05) is 43.2 Å². The van der Waals surface area contributed by atoms with Gasteiger partial charge in [-0.2, -0.15) is 0 Å².